The van der Waals surface area contributed by atoms with Crippen LogP contribution < -0.4 is 0 Å². The smallest absolute Gasteiger partial charge is 0.271 e. The molecule has 1 aromatic carbocycles. The second-order valence-electron chi connectivity index (χ2n) is 5.89. The Morgan fingerprint density at radius 3 is 3.17 bits per heavy atom. The highest BCUT2D eigenvalue weighted by Crippen LogP contribution is 2.23. The molecule has 1 unspecified atom stereocenters. The highest BCUT2D eigenvalue weighted by atomic mass is 16.6. The second-order valence-corrected chi connectivity index (χ2v) is 5.89. The van der Waals surface area contributed by atoms with Gasteiger partial charge in [0.15, 0.2) is 5.58 Å². The molecule has 0 spiro atoms. The van der Waals surface area contributed by atoms with Crippen molar-refractivity contribution in [1.29, 1.82) is 0 Å². The molecule has 0 bridgehead atoms. The quantitative estimate of drug-likeness (QED) is 0.601. The molecule has 1 aliphatic heterocycles. The first-order chi connectivity index (χ1) is 11.2. The van der Waals surface area contributed by atoms with Crippen molar-refractivity contribution in [3.05, 3.63) is 34.2 Å². The third-order valence-corrected chi connectivity index (χ3v) is 4.01. The monoisotopic (exact) mass is 319 g/mol. The van der Waals surface area contributed by atoms with Crippen molar-refractivity contribution in [3.8, 4) is 0 Å². The Hall–Kier alpha value is -1.99. The summed E-state index contributed by atoms with van der Waals surface area (Å²) >= 11 is 0. The van der Waals surface area contributed by atoms with Crippen LogP contribution in [0.3, 0.4) is 0 Å². The molecule has 1 atom stereocenters. The summed E-state index contributed by atoms with van der Waals surface area (Å²) in [5.41, 5.74) is 1.15. The van der Waals surface area contributed by atoms with Gasteiger partial charge < -0.3 is 9.15 Å². The van der Waals surface area contributed by atoms with Gasteiger partial charge in [-0.3, -0.25) is 15.0 Å². The average molecular weight is 319 g/mol. The van der Waals surface area contributed by atoms with Crippen LogP contribution in [-0.4, -0.2) is 40.6 Å². The Morgan fingerprint density at radius 2 is 2.39 bits per heavy atom. The summed E-state index contributed by atoms with van der Waals surface area (Å²) in [6, 6.07) is 4.49. The van der Waals surface area contributed by atoms with Gasteiger partial charge in [-0.1, -0.05) is 6.92 Å². The third-order valence-electron chi connectivity index (χ3n) is 4.01. The summed E-state index contributed by atoms with van der Waals surface area (Å²) in [6.07, 6.45) is 3.49. The van der Waals surface area contributed by atoms with Crippen LogP contribution in [0.25, 0.3) is 11.1 Å². The molecule has 1 fully saturated rings. The number of rotatable bonds is 6. The van der Waals surface area contributed by atoms with Crippen LogP contribution in [0.15, 0.2) is 22.6 Å². The molecule has 124 valence electrons. The molecule has 0 radical (unpaired) electrons. The number of nitro groups is 1. The number of piperidine rings is 1. The lowest BCUT2D eigenvalue weighted by Gasteiger charge is -2.31. The van der Waals surface area contributed by atoms with Crippen LogP contribution in [0.2, 0.25) is 0 Å². The number of nitro benzene ring substituents is 1. The maximum atomic E-state index is 10.8. The molecule has 23 heavy (non-hydrogen) atoms. The summed E-state index contributed by atoms with van der Waals surface area (Å²) in [5, 5.41) is 10.8. The molecule has 0 amide bonds. The first-order valence-electron chi connectivity index (χ1n) is 8.03. The Balaban J connectivity index is 1.67. The zero-order valence-corrected chi connectivity index (χ0v) is 13.2. The number of hydrogen-bond acceptors (Lipinski definition) is 6. The number of nitrogens with zero attached hydrogens (tertiary/aromatic N) is 3. The van der Waals surface area contributed by atoms with E-state index in [1.54, 1.807) is 6.07 Å². The number of fused-ring (bicyclic) bond motifs is 1. The van der Waals surface area contributed by atoms with E-state index in [9.17, 15) is 10.1 Å². The van der Waals surface area contributed by atoms with Crippen LogP contribution >= 0.6 is 0 Å². The molecule has 1 saturated heterocycles. The van der Waals surface area contributed by atoms with E-state index < -0.39 is 4.92 Å². The van der Waals surface area contributed by atoms with Crippen molar-refractivity contribution in [1.82, 2.24) is 9.88 Å². The first kappa shape index (κ1) is 15.9. The van der Waals surface area contributed by atoms with Gasteiger partial charge >= 0.3 is 0 Å². The van der Waals surface area contributed by atoms with E-state index in [-0.39, 0.29) is 11.8 Å². The molecule has 7 heteroatoms. The molecule has 2 heterocycles. The molecular weight excluding hydrogens is 298 g/mol. The van der Waals surface area contributed by atoms with E-state index >= 15 is 0 Å². The second kappa shape index (κ2) is 7.06. The predicted molar refractivity (Wildman–Crippen MR) is 85.2 cm³/mol. The molecule has 1 aliphatic rings. The molecule has 3 rings (SSSR count). The fourth-order valence-electron chi connectivity index (χ4n) is 2.91. The van der Waals surface area contributed by atoms with Gasteiger partial charge in [-0.2, -0.15) is 0 Å². The SMILES string of the molecule is CCCOC1CCCN(Cc2nc3cc([N+](=O)[O-])ccc3o2)C1. The van der Waals surface area contributed by atoms with Crippen LogP contribution in [0.4, 0.5) is 5.69 Å². The lowest BCUT2D eigenvalue weighted by Crippen LogP contribution is -2.39. The number of ether oxygens (including phenoxy) is 1. The Kier molecular flexibility index (Phi) is 4.88. The number of benzene rings is 1. The van der Waals surface area contributed by atoms with Gasteiger partial charge in [0.1, 0.15) is 5.52 Å². The lowest BCUT2D eigenvalue weighted by molar-refractivity contribution is -0.384. The fourth-order valence-corrected chi connectivity index (χ4v) is 2.91. The van der Waals surface area contributed by atoms with Gasteiger partial charge in [0.2, 0.25) is 5.89 Å². The van der Waals surface area contributed by atoms with Crippen molar-refractivity contribution in [2.24, 2.45) is 0 Å². The van der Waals surface area contributed by atoms with Gasteiger partial charge in [-0.05, 0) is 31.9 Å². The van der Waals surface area contributed by atoms with E-state index in [2.05, 4.69) is 16.8 Å². The minimum Gasteiger partial charge on any atom is -0.439 e. The van der Waals surface area contributed by atoms with Gasteiger partial charge in [-0.15, -0.1) is 0 Å². The molecular formula is C16H21N3O4. The highest BCUT2D eigenvalue weighted by molar-refractivity contribution is 5.75. The number of non-ortho nitro benzene ring substituents is 1. The average Bonchev–Trinajstić information content (AvgIpc) is 2.94. The number of hydrogen-bond donors (Lipinski definition) is 0. The van der Waals surface area contributed by atoms with Crippen LogP contribution in [0.1, 0.15) is 32.1 Å². The van der Waals surface area contributed by atoms with Crippen LogP contribution in [0.5, 0.6) is 0 Å². The fraction of sp³-hybridized carbons (Fsp3) is 0.562. The van der Waals surface area contributed by atoms with Gasteiger partial charge in [-0.25, -0.2) is 4.98 Å². The van der Waals surface area contributed by atoms with Crippen molar-refractivity contribution in [2.75, 3.05) is 19.7 Å². The predicted octanol–water partition coefficient (Wildman–Crippen LogP) is 3.13. The summed E-state index contributed by atoms with van der Waals surface area (Å²) in [6.45, 7) is 5.38. The van der Waals surface area contributed by atoms with Gasteiger partial charge in [0.05, 0.1) is 17.6 Å². The first-order valence-corrected chi connectivity index (χ1v) is 8.03. The van der Waals surface area contributed by atoms with Crippen molar-refractivity contribution in [2.45, 2.75) is 38.8 Å². The molecule has 1 aromatic heterocycles. The van der Waals surface area contributed by atoms with Gasteiger partial charge in [0.25, 0.3) is 5.69 Å². The standard InChI is InChI=1S/C16H21N3O4/c1-2-8-22-13-4-3-7-18(10-13)11-16-17-14-9-12(19(20)21)5-6-15(14)23-16/h5-6,9,13H,2-4,7-8,10-11H2,1H3. The van der Waals surface area contributed by atoms with E-state index in [1.165, 1.54) is 12.1 Å². The summed E-state index contributed by atoms with van der Waals surface area (Å²) < 4.78 is 11.5. The van der Waals surface area contributed by atoms with Crippen molar-refractivity contribution in [3.63, 3.8) is 0 Å². The molecule has 2 aromatic rings. The number of likely N-dealkylation sites (tertiary alicyclic amines) is 1. The molecule has 7 nitrogen and oxygen atoms in total. The van der Waals surface area contributed by atoms with Crippen molar-refractivity contribution < 1.29 is 14.1 Å². The zero-order chi connectivity index (χ0) is 16.2. The summed E-state index contributed by atoms with van der Waals surface area (Å²) in [7, 11) is 0. The Labute approximate surface area is 134 Å². The minimum atomic E-state index is -0.423. The maximum Gasteiger partial charge on any atom is 0.271 e. The van der Waals surface area contributed by atoms with E-state index in [1.807, 2.05) is 0 Å². The number of oxazole rings is 1. The van der Waals surface area contributed by atoms with Gasteiger partial charge in [0, 0.05) is 25.3 Å². The van der Waals surface area contributed by atoms with E-state index in [4.69, 9.17) is 9.15 Å². The largest absolute Gasteiger partial charge is 0.439 e. The number of aromatic nitrogens is 1. The highest BCUT2D eigenvalue weighted by Gasteiger charge is 2.22. The topological polar surface area (TPSA) is 81.6 Å². The minimum absolute atomic E-state index is 0.0309. The molecule has 0 aliphatic carbocycles. The molecule has 0 saturated carbocycles. The van der Waals surface area contributed by atoms with E-state index in [0.717, 1.165) is 39.0 Å². The van der Waals surface area contributed by atoms with Crippen molar-refractivity contribution >= 4 is 16.8 Å². The Morgan fingerprint density at radius 1 is 1.52 bits per heavy atom. The summed E-state index contributed by atoms with van der Waals surface area (Å²) in [5.74, 6) is 0.594. The summed E-state index contributed by atoms with van der Waals surface area (Å²) in [4.78, 5) is 17.0. The lowest BCUT2D eigenvalue weighted by atomic mass is 10.1. The Bertz CT molecular complexity index is 685. The van der Waals surface area contributed by atoms with E-state index in [0.29, 0.717) is 23.5 Å². The maximum absolute atomic E-state index is 10.8. The molecule has 0 N–H and O–H groups in total. The van der Waals surface area contributed by atoms with Crippen LogP contribution in [0, 0.1) is 10.1 Å². The van der Waals surface area contributed by atoms with Crippen LogP contribution in [-0.2, 0) is 11.3 Å². The zero-order valence-electron chi connectivity index (χ0n) is 13.2. The normalized spacial score (nSPS) is 19.3. The third kappa shape index (κ3) is 3.86.